The molecule has 1 saturated heterocycles. The fourth-order valence-electron chi connectivity index (χ4n) is 2.51. The highest BCUT2D eigenvalue weighted by Crippen LogP contribution is 2.26. The summed E-state index contributed by atoms with van der Waals surface area (Å²) in [5, 5.41) is 20.0. The Morgan fingerprint density at radius 1 is 1.33 bits per heavy atom. The average Bonchev–Trinajstić information content (AvgIpc) is 3.22. The lowest BCUT2D eigenvalue weighted by Gasteiger charge is -2.16. The number of nitrogens with zero attached hydrogens (tertiary/aromatic N) is 5. The van der Waals surface area contributed by atoms with Crippen LogP contribution in [0.25, 0.3) is 5.69 Å². The molecule has 1 aliphatic rings. The zero-order chi connectivity index (χ0) is 17.2. The third kappa shape index (κ3) is 2.90. The first kappa shape index (κ1) is 15.5. The van der Waals surface area contributed by atoms with Crippen molar-refractivity contribution in [2.75, 3.05) is 18.4 Å². The lowest BCUT2D eigenvalue weighted by molar-refractivity contribution is -0.126. The second kappa shape index (κ2) is 6.01. The molecule has 0 radical (unpaired) electrons. The quantitative estimate of drug-likeness (QED) is 0.864. The predicted molar refractivity (Wildman–Crippen MR) is 82.6 cm³/mol. The molecule has 0 bridgehead atoms. The molecule has 0 unspecified atom stereocenters. The number of carbonyl (C=O) groups excluding carboxylic acids is 1. The number of hydrogen-bond acceptors (Lipinski definition) is 5. The molecule has 1 fully saturated rings. The van der Waals surface area contributed by atoms with Crippen molar-refractivity contribution < 1.29 is 9.18 Å². The van der Waals surface area contributed by atoms with Crippen LogP contribution in [0, 0.1) is 22.8 Å². The van der Waals surface area contributed by atoms with E-state index in [9.17, 15) is 9.18 Å². The van der Waals surface area contributed by atoms with Gasteiger partial charge in [-0.05, 0) is 24.3 Å². The topological polar surface area (TPSA) is 97.7 Å². The fourth-order valence-corrected chi connectivity index (χ4v) is 2.51. The number of nitrogens with one attached hydrogen (secondary N) is 1. The summed E-state index contributed by atoms with van der Waals surface area (Å²) in [6, 6.07) is 8.84. The molecule has 2 heterocycles. The monoisotopic (exact) mass is 324 g/mol. The number of rotatable bonds is 3. The summed E-state index contributed by atoms with van der Waals surface area (Å²) in [5.41, 5.74) is -0.794. The minimum absolute atomic E-state index is 0.0251. The summed E-state index contributed by atoms with van der Waals surface area (Å²) in [5.74, 6) is -0.581. The van der Waals surface area contributed by atoms with Gasteiger partial charge in [0, 0.05) is 18.7 Å². The van der Waals surface area contributed by atoms with Gasteiger partial charge in [0.05, 0.1) is 24.4 Å². The van der Waals surface area contributed by atoms with Gasteiger partial charge in [0.1, 0.15) is 6.33 Å². The highest BCUT2D eigenvalue weighted by atomic mass is 19.1. The number of imidazole rings is 1. The zero-order valence-corrected chi connectivity index (χ0v) is 12.6. The number of carbonyl (C=O) groups is 1. The van der Waals surface area contributed by atoms with E-state index in [0.717, 1.165) is 5.69 Å². The largest absolute Gasteiger partial charge is 0.307 e. The smallest absolute Gasteiger partial charge is 0.265 e. The van der Waals surface area contributed by atoms with Crippen LogP contribution in [0.15, 0.2) is 36.8 Å². The molecule has 7 nitrogen and oxygen atoms in total. The van der Waals surface area contributed by atoms with Gasteiger partial charge < -0.3 is 14.8 Å². The molecule has 2 aromatic rings. The minimum Gasteiger partial charge on any atom is -0.307 e. The van der Waals surface area contributed by atoms with Crippen molar-refractivity contribution in [3.05, 3.63) is 42.4 Å². The fraction of sp³-hybridized carbons (Fsp3) is 0.250. The van der Waals surface area contributed by atoms with Crippen molar-refractivity contribution in [1.82, 2.24) is 14.5 Å². The molecule has 3 rings (SSSR count). The molecule has 120 valence electrons. The molecule has 1 aromatic carbocycles. The molecular formula is C16H13FN6O. The molecule has 1 atom stereocenters. The lowest BCUT2D eigenvalue weighted by atomic mass is 10.1. The van der Waals surface area contributed by atoms with E-state index in [1.54, 1.807) is 35.0 Å². The molecule has 1 aromatic heterocycles. The van der Waals surface area contributed by atoms with E-state index in [1.165, 1.54) is 11.2 Å². The Labute approximate surface area is 137 Å². The van der Waals surface area contributed by atoms with E-state index in [-0.39, 0.29) is 25.3 Å². The second-order valence-corrected chi connectivity index (χ2v) is 5.52. The molecular weight excluding hydrogens is 311 g/mol. The molecule has 24 heavy (non-hydrogen) atoms. The first-order valence-electron chi connectivity index (χ1n) is 7.24. The van der Waals surface area contributed by atoms with Gasteiger partial charge in [0.15, 0.2) is 12.0 Å². The Balaban J connectivity index is 1.71. The zero-order valence-electron chi connectivity index (χ0n) is 12.6. The number of hydrogen-bond donors (Lipinski definition) is 1. The van der Waals surface area contributed by atoms with Crippen LogP contribution in [-0.4, -0.2) is 39.1 Å². The number of halogens is 1. The summed E-state index contributed by atoms with van der Waals surface area (Å²) < 4.78 is 16.2. The van der Waals surface area contributed by atoms with Gasteiger partial charge >= 0.3 is 0 Å². The van der Waals surface area contributed by atoms with Crippen LogP contribution in [-0.2, 0) is 4.79 Å². The normalized spacial score (nSPS) is 19.5. The number of likely N-dealkylation sites (tertiary alicyclic amines) is 1. The van der Waals surface area contributed by atoms with Gasteiger partial charge in [0.25, 0.3) is 5.91 Å². The number of amides is 1. The number of alkyl halides is 1. The summed E-state index contributed by atoms with van der Waals surface area (Å²) >= 11 is 0. The first-order valence-corrected chi connectivity index (χ1v) is 7.24. The molecule has 0 spiro atoms. The van der Waals surface area contributed by atoms with Crippen molar-refractivity contribution in [1.29, 1.82) is 10.5 Å². The van der Waals surface area contributed by atoms with Crippen LogP contribution < -0.4 is 5.32 Å². The van der Waals surface area contributed by atoms with Gasteiger partial charge in [-0.2, -0.15) is 10.5 Å². The summed E-state index contributed by atoms with van der Waals surface area (Å²) in [6.07, 6.45) is 4.86. The van der Waals surface area contributed by atoms with Gasteiger partial charge in [-0.1, -0.05) is 0 Å². The van der Waals surface area contributed by atoms with E-state index in [1.807, 2.05) is 12.3 Å². The maximum atomic E-state index is 14.6. The molecule has 1 amide bonds. The molecule has 1 aliphatic heterocycles. The Morgan fingerprint density at radius 2 is 2.08 bits per heavy atom. The van der Waals surface area contributed by atoms with Gasteiger partial charge in [-0.3, -0.25) is 4.79 Å². The van der Waals surface area contributed by atoms with Crippen LogP contribution in [0.2, 0.25) is 0 Å². The Kier molecular flexibility index (Phi) is 3.88. The SMILES string of the molecule is N#Cc1ccc(-n2cnc(NC(=O)[C@@]3(F)CCN(C#N)C3)c2)cc1. The van der Waals surface area contributed by atoms with Crippen molar-refractivity contribution >= 4 is 11.7 Å². The van der Waals surface area contributed by atoms with Gasteiger partial charge in [-0.25, -0.2) is 9.37 Å². The number of aromatic nitrogens is 2. The van der Waals surface area contributed by atoms with E-state index < -0.39 is 11.6 Å². The maximum absolute atomic E-state index is 14.6. The van der Waals surface area contributed by atoms with E-state index in [0.29, 0.717) is 5.56 Å². The van der Waals surface area contributed by atoms with Crippen molar-refractivity contribution in [3.8, 4) is 17.9 Å². The highest BCUT2D eigenvalue weighted by Gasteiger charge is 2.45. The Morgan fingerprint density at radius 3 is 2.71 bits per heavy atom. The third-order valence-corrected chi connectivity index (χ3v) is 3.89. The third-order valence-electron chi connectivity index (χ3n) is 3.89. The minimum atomic E-state index is -2.09. The Bertz CT molecular complexity index is 847. The highest BCUT2D eigenvalue weighted by molar-refractivity contribution is 5.97. The van der Waals surface area contributed by atoms with E-state index in [2.05, 4.69) is 10.3 Å². The molecule has 1 N–H and O–H groups in total. The van der Waals surface area contributed by atoms with Gasteiger partial charge in [-0.15, -0.1) is 0 Å². The first-order chi connectivity index (χ1) is 11.5. The van der Waals surface area contributed by atoms with Crippen molar-refractivity contribution in [2.24, 2.45) is 0 Å². The summed E-state index contributed by atoms with van der Waals surface area (Å²) in [7, 11) is 0. The van der Waals surface area contributed by atoms with Crippen LogP contribution in [0.3, 0.4) is 0 Å². The predicted octanol–water partition coefficient (Wildman–Crippen LogP) is 1.58. The average molecular weight is 324 g/mol. The molecule has 0 aliphatic carbocycles. The molecule has 8 heteroatoms. The van der Waals surface area contributed by atoms with Crippen LogP contribution in [0.4, 0.5) is 10.2 Å². The summed E-state index contributed by atoms with van der Waals surface area (Å²) in [6.45, 7) is -0.0221. The van der Waals surface area contributed by atoms with E-state index >= 15 is 0 Å². The van der Waals surface area contributed by atoms with E-state index in [4.69, 9.17) is 10.5 Å². The van der Waals surface area contributed by atoms with Crippen LogP contribution in [0.5, 0.6) is 0 Å². The summed E-state index contributed by atoms with van der Waals surface area (Å²) in [4.78, 5) is 17.4. The molecule has 0 saturated carbocycles. The standard InChI is InChI=1S/C16H13FN6O/c17-16(5-6-22(9-16)10-19)15(24)21-14-8-23(11-20-14)13-3-1-12(7-18)2-4-13/h1-4,8,11H,5-6,9H2,(H,21,24)/t16-/m1/s1. The second-order valence-electron chi connectivity index (χ2n) is 5.52. The van der Waals surface area contributed by atoms with Crippen molar-refractivity contribution in [2.45, 2.75) is 12.1 Å². The maximum Gasteiger partial charge on any atom is 0.265 e. The van der Waals surface area contributed by atoms with Crippen molar-refractivity contribution in [3.63, 3.8) is 0 Å². The Hall–Kier alpha value is -3.39. The number of anilines is 1. The number of benzene rings is 1. The van der Waals surface area contributed by atoms with Crippen LogP contribution >= 0.6 is 0 Å². The number of nitriles is 2. The van der Waals surface area contributed by atoms with Crippen LogP contribution in [0.1, 0.15) is 12.0 Å². The lowest BCUT2D eigenvalue weighted by Crippen LogP contribution is -2.40. The van der Waals surface area contributed by atoms with Gasteiger partial charge in [0.2, 0.25) is 5.67 Å².